The van der Waals surface area contributed by atoms with Crippen LogP contribution in [0, 0.1) is 0 Å². The topological polar surface area (TPSA) is 83.1 Å². The first-order valence-electron chi connectivity index (χ1n) is 7.51. The molecule has 8 heteroatoms. The Hall–Kier alpha value is -2.74. The number of benzene rings is 2. The van der Waals surface area contributed by atoms with Crippen molar-refractivity contribution in [3.8, 4) is 17.2 Å². The Morgan fingerprint density at radius 2 is 1.65 bits per heavy atom. The summed E-state index contributed by atoms with van der Waals surface area (Å²) in [6, 6.07) is 9.86. The Kier molecular flexibility index (Phi) is 6.85. The number of anilines is 1. The molecule has 2 aromatic rings. The maximum atomic E-state index is 12.1. The molecular weight excluding hydrogens is 406 g/mol. The summed E-state index contributed by atoms with van der Waals surface area (Å²) in [5, 5.41) is 2.62. The smallest absolute Gasteiger partial charge is 0.338 e. The molecule has 0 saturated heterocycles. The Morgan fingerprint density at radius 1 is 1.00 bits per heavy atom. The van der Waals surface area contributed by atoms with E-state index in [1.807, 2.05) is 0 Å². The van der Waals surface area contributed by atoms with Crippen molar-refractivity contribution in [1.82, 2.24) is 0 Å². The van der Waals surface area contributed by atoms with Crippen LogP contribution in [0.15, 0.2) is 40.9 Å². The van der Waals surface area contributed by atoms with Gasteiger partial charge in [-0.1, -0.05) is 22.0 Å². The molecule has 0 unspecified atom stereocenters. The minimum Gasteiger partial charge on any atom is -0.493 e. The summed E-state index contributed by atoms with van der Waals surface area (Å²) in [4.78, 5) is 24.0. The summed E-state index contributed by atoms with van der Waals surface area (Å²) in [6.45, 7) is -0.429. The minimum atomic E-state index is -0.591. The number of hydrogen-bond donors (Lipinski definition) is 1. The van der Waals surface area contributed by atoms with Gasteiger partial charge in [-0.2, -0.15) is 0 Å². The van der Waals surface area contributed by atoms with Crippen LogP contribution >= 0.6 is 15.9 Å². The SMILES string of the molecule is COc1cc(NC(=O)COC(=O)c2cccc(Br)c2)cc(OC)c1OC. The monoisotopic (exact) mass is 423 g/mol. The fourth-order valence-electron chi connectivity index (χ4n) is 2.18. The number of nitrogens with one attached hydrogen (secondary N) is 1. The maximum absolute atomic E-state index is 12.1. The Bertz CT molecular complexity index is 783. The number of rotatable bonds is 7. The van der Waals surface area contributed by atoms with Gasteiger partial charge in [0.25, 0.3) is 5.91 Å². The lowest BCUT2D eigenvalue weighted by molar-refractivity contribution is -0.119. The fourth-order valence-corrected chi connectivity index (χ4v) is 2.58. The third kappa shape index (κ3) is 4.89. The van der Waals surface area contributed by atoms with E-state index in [9.17, 15) is 9.59 Å². The summed E-state index contributed by atoms with van der Waals surface area (Å²) in [7, 11) is 4.44. The van der Waals surface area contributed by atoms with Crippen molar-refractivity contribution in [2.24, 2.45) is 0 Å². The molecule has 0 aliphatic carbocycles. The lowest BCUT2D eigenvalue weighted by atomic mass is 10.2. The molecule has 0 spiro atoms. The van der Waals surface area contributed by atoms with E-state index < -0.39 is 18.5 Å². The van der Waals surface area contributed by atoms with E-state index in [1.54, 1.807) is 36.4 Å². The molecule has 1 N–H and O–H groups in total. The average Bonchev–Trinajstić information content (AvgIpc) is 2.65. The van der Waals surface area contributed by atoms with Crippen molar-refractivity contribution in [3.05, 3.63) is 46.4 Å². The van der Waals surface area contributed by atoms with Crippen LogP contribution in [0.25, 0.3) is 0 Å². The molecule has 1 amide bonds. The molecule has 138 valence electrons. The molecule has 0 heterocycles. The highest BCUT2D eigenvalue weighted by Gasteiger charge is 2.15. The van der Waals surface area contributed by atoms with Gasteiger partial charge in [-0.15, -0.1) is 0 Å². The number of methoxy groups -OCH3 is 3. The van der Waals surface area contributed by atoms with E-state index in [-0.39, 0.29) is 0 Å². The van der Waals surface area contributed by atoms with E-state index in [0.29, 0.717) is 28.5 Å². The predicted octanol–water partition coefficient (Wildman–Crippen LogP) is 3.27. The molecule has 0 radical (unpaired) electrons. The second-order valence-electron chi connectivity index (χ2n) is 5.05. The first-order chi connectivity index (χ1) is 12.5. The van der Waals surface area contributed by atoms with Crippen molar-refractivity contribution in [2.45, 2.75) is 0 Å². The minimum absolute atomic E-state index is 0.347. The van der Waals surface area contributed by atoms with Crippen molar-refractivity contribution < 1.29 is 28.5 Å². The van der Waals surface area contributed by atoms with E-state index >= 15 is 0 Å². The molecule has 0 saturated carbocycles. The Balaban J connectivity index is 2.02. The summed E-state index contributed by atoms with van der Waals surface area (Å²) < 4.78 is 21.4. The van der Waals surface area contributed by atoms with Gasteiger partial charge in [-0.25, -0.2) is 4.79 Å². The van der Waals surface area contributed by atoms with Crippen LogP contribution in [0.3, 0.4) is 0 Å². The number of halogens is 1. The van der Waals surface area contributed by atoms with Gasteiger partial charge in [-0.3, -0.25) is 4.79 Å². The zero-order valence-electron chi connectivity index (χ0n) is 14.5. The number of hydrogen-bond acceptors (Lipinski definition) is 6. The molecule has 0 aliphatic heterocycles. The molecule has 0 fully saturated rings. The number of amides is 1. The van der Waals surface area contributed by atoms with E-state index in [0.717, 1.165) is 4.47 Å². The highest BCUT2D eigenvalue weighted by Crippen LogP contribution is 2.39. The number of carbonyl (C=O) groups is 2. The van der Waals surface area contributed by atoms with Crippen LogP contribution in [-0.2, 0) is 9.53 Å². The number of carbonyl (C=O) groups excluding carboxylic acids is 2. The van der Waals surface area contributed by atoms with Gasteiger partial charge in [0.05, 0.1) is 26.9 Å². The molecule has 0 aliphatic rings. The molecule has 2 aromatic carbocycles. The predicted molar refractivity (Wildman–Crippen MR) is 99.2 cm³/mol. The van der Waals surface area contributed by atoms with Crippen LogP contribution in [-0.4, -0.2) is 39.8 Å². The Morgan fingerprint density at radius 3 is 2.19 bits per heavy atom. The van der Waals surface area contributed by atoms with Crippen molar-refractivity contribution >= 4 is 33.5 Å². The summed E-state index contributed by atoms with van der Waals surface area (Å²) in [5.41, 5.74) is 0.767. The number of esters is 1. The lowest BCUT2D eigenvalue weighted by Gasteiger charge is -2.14. The zero-order valence-corrected chi connectivity index (χ0v) is 16.1. The average molecular weight is 424 g/mol. The van der Waals surface area contributed by atoms with Crippen LogP contribution in [0.2, 0.25) is 0 Å². The van der Waals surface area contributed by atoms with E-state index in [2.05, 4.69) is 21.2 Å². The lowest BCUT2D eigenvalue weighted by Crippen LogP contribution is -2.21. The number of ether oxygens (including phenoxy) is 4. The van der Waals surface area contributed by atoms with Crippen LogP contribution < -0.4 is 19.5 Å². The summed E-state index contributed by atoms with van der Waals surface area (Å²) in [5.74, 6) is 0.115. The van der Waals surface area contributed by atoms with E-state index in [1.165, 1.54) is 21.3 Å². The molecule has 7 nitrogen and oxygen atoms in total. The molecular formula is C18H18BrNO6. The third-order valence-corrected chi connectivity index (χ3v) is 3.84. The van der Waals surface area contributed by atoms with Gasteiger partial charge < -0.3 is 24.3 Å². The largest absolute Gasteiger partial charge is 0.493 e. The first-order valence-corrected chi connectivity index (χ1v) is 8.30. The third-order valence-electron chi connectivity index (χ3n) is 3.34. The van der Waals surface area contributed by atoms with Crippen LogP contribution in [0.5, 0.6) is 17.2 Å². The Labute approximate surface area is 159 Å². The fraction of sp³-hybridized carbons (Fsp3) is 0.222. The van der Waals surface area contributed by atoms with Gasteiger partial charge in [0.2, 0.25) is 5.75 Å². The van der Waals surface area contributed by atoms with Gasteiger partial charge in [0.15, 0.2) is 18.1 Å². The van der Waals surface area contributed by atoms with Crippen molar-refractivity contribution in [2.75, 3.05) is 33.3 Å². The van der Waals surface area contributed by atoms with Crippen molar-refractivity contribution in [3.63, 3.8) is 0 Å². The molecule has 0 atom stereocenters. The quantitative estimate of drug-likeness (QED) is 0.688. The molecule has 0 aromatic heterocycles. The highest BCUT2D eigenvalue weighted by atomic mass is 79.9. The van der Waals surface area contributed by atoms with Gasteiger partial charge in [0, 0.05) is 22.3 Å². The normalized spacial score (nSPS) is 10.0. The van der Waals surface area contributed by atoms with Crippen LogP contribution in [0.1, 0.15) is 10.4 Å². The van der Waals surface area contributed by atoms with Gasteiger partial charge in [0.1, 0.15) is 0 Å². The summed E-state index contributed by atoms with van der Waals surface area (Å²) in [6.07, 6.45) is 0. The second kappa shape index (κ2) is 9.10. The standard InChI is InChI=1S/C18H18BrNO6/c1-23-14-8-13(9-15(24-2)17(14)25-3)20-16(21)10-26-18(22)11-5-4-6-12(19)7-11/h4-9H,10H2,1-3H3,(H,20,21). The van der Waals surface area contributed by atoms with E-state index in [4.69, 9.17) is 18.9 Å². The van der Waals surface area contributed by atoms with Gasteiger partial charge >= 0.3 is 5.97 Å². The van der Waals surface area contributed by atoms with Crippen LogP contribution in [0.4, 0.5) is 5.69 Å². The second-order valence-corrected chi connectivity index (χ2v) is 5.96. The summed E-state index contributed by atoms with van der Waals surface area (Å²) >= 11 is 3.27. The first kappa shape index (κ1) is 19.6. The molecule has 0 bridgehead atoms. The highest BCUT2D eigenvalue weighted by molar-refractivity contribution is 9.10. The van der Waals surface area contributed by atoms with Gasteiger partial charge in [-0.05, 0) is 18.2 Å². The zero-order chi connectivity index (χ0) is 19.1. The molecule has 2 rings (SSSR count). The molecule has 26 heavy (non-hydrogen) atoms. The van der Waals surface area contributed by atoms with Crippen molar-refractivity contribution in [1.29, 1.82) is 0 Å². The maximum Gasteiger partial charge on any atom is 0.338 e.